The topological polar surface area (TPSA) is 82.2 Å². The Morgan fingerprint density at radius 2 is 2.31 bits per heavy atom. The first-order valence-electron chi connectivity index (χ1n) is 3.85. The molecule has 70 valence electrons. The Kier molecular flexibility index (Phi) is 2.69. The van der Waals surface area contributed by atoms with Crippen LogP contribution < -0.4 is 10.9 Å². The lowest BCUT2D eigenvalue weighted by atomic mass is 10.3. The second-order valence-electron chi connectivity index (χ2n) is 2.45. The van der Waals surface area contributed by atoms with Gasteiger partial charge in [-0.1, -0.05) is 0 Å². The third-order valence-electron chi connectivity index (χ3n) is 1.47. The zero-order chi connectivity index (χ0) is 9.84. The Labute approximate surface area is 74.4 Å². The fraction of sp³-hybridized carbons (Fsp3) is 0.250. The van der Waals surface area contributed by atoms with Crippen LogP contribution in [-0.2, 0) is 0 Å². The number of hydrogen-bond donors (Lipinski definition) is 3. The number of aromatic amines is 1. The van der Waals surface area contributed by atoms with E-state index in [0.29, 0.717) is 6.54 Å². The molecule has 0 atom stereocenters. The third-order valence-corrected chi connectivity index (χ3v) is 1.47. The molecule has 0 radical (unpaired) electrons. The first-order chi connectivity index (χ1) is 6.15. The van der Waals surface area contributed by atoms with Gasteiger partial charge in [0.25, 0.3) is 11.5 Å². The molecule has 0 spiro atoms. The summed E-state index contributed by atoms with van der Waals surface area (Å²) in [6, 6.07) is 2.53. The van der Waals surface area contributed by atoms with E-state index in [2.05, 4.69) is 10.3 Å². The van der Waals surface area contributed by atoms with Crippen LogP contribution in [0.3, 0.4) is 0 Å². The molecule has 0 saturated heterocycles. The molecule has 0 aliphatic carbocycles. The molecular formula is C8H10N2O3. The molecule has 0 aromatic carbocycles. The van der Waals surface area contributed by atoms with Crippen molar-refractivity contribution in [1.29, 1.82) is 0 Å². The van der Waals surface area contributed by atoms with Gasteiger partial charge in [-0.05, 0) is 19.1 Å². The van der Waals surface area contributed by atoms with E-state index in [1.807, 2.05) is 0 Å². The van der Waals surface area contributed by atoms with Crippen LogP contribution >= 0.6 is 0 Å². The standard InChI is InChI=1S/C8H10N2O3/c1-2-9-7(12)5-3-4-6(11)8(13)10-5/h3-4,11H,2H2,1H3,(H,9,12)(H,10,13). The molecule has 3 N–H and O–H groups in total. The maximum Gasteiger partial charge on any atom is 0.290 e. The first kappa shape index (κ1) is 9.31. The number of pyridine rings is 1. The Morgan fingerprint density at radius 3 is 2.85 bits per heavy atom. The van der Waals surface area contributed by atoms with E-state index >= 15 is 0 Å². The van der Waals surface area contributed by atoms with E-state index in [4.69, 9.17) is 5.11 Å². The normalized spacial score (nSPS) is 9.62. The van der Waals surface area contributed by atoms with Crippen LogP contribution in [0.1, 0.15) is 17.4 Å². The summed E-state index contributed by atoms with van der Waals surface area (Å²) in [4.78, 5) is 24.3. The fourth-order valence-electron chi connectivity index (χ4n) is 0.854. The summed E-state index contributed by atoms with van der Waals surface area (Å²) in [6.45, 7) is 2.26. The zero-order valence-electron chi connectivity index (χ0n) is 7.13. The molecule has 1 heterocycles. The predicted octanol–water partition coefficient (Wildman–Crippen LogP) is -0.170. The molecule has 0 aliphatic heterocycles. The molecule has 1 aromatic heterocycles. The van der Waals surface area contributed by atoms with Gasteiger partial charge in [-0.25, -0.2) is 0 Å². The van der Waals surface area contributed by atoms with Crippen LogP contribution in [-0.4, -0.2) is 22.5 Å². The van der Waals surface area contributed by atoms with Gasteiger partial charge in [0.05, 0.1) is 0 Å². The van der Waals surface area contributed by atoms with Gasteiger partial charge in [-0.2, -0.15) is 0 Å². The lowest BCUT2D eigenvalue weighted by molar-refractivity contribution is 0.0950. The summed E-state index contributed by atoms with van der Waals surface area (Å²) < 4.78 is 0. The Morgan fingerprint density at radius 1 is 1.62 bits per heavy atom. The zero-order valence-corrected chi connectivity index (χ0v) is 7.13. The van der Waals surface area contributed by atoms with Crippen molar-refractivity contribution in [2.75, 3.05) is 6.54 Å². The average molecular weight is 182 g/mol. The molecule has 5 heteroatoms. The fourth-order valence-corrected chi connectivity index (χ4v) is 0.854. The van der Waals surface area contributed by atoms with Gasteiger partial charge in [0.15, 0.2) is 5.75 Å². The van der Waals surface area contributed by atoms with Crippen LogP contribution in [0.5, 0.6) is 5.75 Å². The molecule has 0 fully saturated rings. The quantitative estimate of drug-likeness (QED) is 0.593. The molecule has 0 unspecified atom stereocenters. The summed E-state index contributed by atoms with van der Waals surface area (Å²) in [7, 11) is 0. The number of carbonyl (C=O) groups is 1. The van der Waals surface area contributed by atoms with Gasteiger partial charge in [0, 0.05) is 6.54 Å². The molecule has 0 bridgehead atoms. The smallest absolute Gasteiger partial charge is 0.290 e. The van der Waals surface area contributed by atoms with Crippen LogP contribution in [0.25, 0.3) is 0 Å². The second-order valence-corrected chi connectivity index (χ2v) is 2.45. The SMILES string of the molecule is CCNC(=O)c1ccc(O)c(=O)[nH]1. The summed E-state index contributed by atoms with van der Waals surface area (Å²) in [5, 5.41) is 11.4. The van der Waals surface area contributed by atoms with Crippen LogP contribution in [0.15, 0.2) is 16.9 Å². The minimum atomic E-state index is -0.663. The minimum Gasteiger partial charge on any atom is -0.503 e. The van der Waals surface area contributed by atoms with Crippen molar-refractivity contribution in [1.82, 2.24) is 10.3 Å². The molecular weight excluding hydrogens is 172 g/mol. The lowest BCUT2D eigenvalue weighted by Crippen LogP contribution is -2.25. The van der Waals surface area contributed by atoms with Gasteiger partial charge < -0.3 is 15.4 Å². The highest BCUT2D eigenvalue weighted by Crippen LogP contribution is 1.99. The van der Waals surface area contributed by atoms with Gasteiger partial charge >= 0.3 is 0 Å². The van der Waals surface area contributed by atoms with E-state index in [0.717, 1.165) is 0 Å². The molecule has 0 saturated carbocycles. The average Bonchev–Trinajstić information content (AvgIpc) is 2.10. The van der Waals surface area contributed by atoms with Crippen molar-refractivity contribution in [3.05, 3.63) is 28.2 Å². The van der Waals surface area contributed by atoms with Crippen LogP contribution in [0, 0.1) is 0 Å². The van der Waals surface area contributed by atoms with Crippen molar-refractivity contribution in [3.8, 4) is 5.75 Å². The van der Waals surface area contributed by atoms with Crippen molar-refractivity contribution in [2.24, 2.45) is 0 Å². The Hall–Kier alpha value is -1.78. The van der Waals surface area contributed by atoms with E-state index in [9.17, 15) is 9.59 Å². The van der Waals surface area contributed by atoms with E-state index < -0.39 is 11.3 Å². The number of aromatic nitrogens is 1. The highest BCUT2D eigenvalue weighted by molar-refractivity contribution is 5.92. The molecule has 1 amide bonds. The number of rotatable bonds is 2. The first-order valence-corrected chi connectivity index (χ1v) is 3.85. The van der Waals surface area contributed by atoms with E-state index in [1.165, 1.54) is 12.1 Å². The minimum absolute atomic E-state index is 0.143. The van der Waals surface area contributed by atoms with Gasteiger partial charge in [-0.3, -0.25) is 9.59 Å². The number of H-pyrrole nitrogens is 1. The molecule has 1 rings (SSSR count). The highest BCUT2D eigenvalue weighted by atomic mass is 16.3. The maximum atomic E-state index is 11.1. The second kappa shape index (κ2) is 3.75. The summed E-state index contributed by atoms with van der Waals surface area (Å²) in [5.74, 6) is -0.757. The largest absolute Gasteiger partial charge is 0.503 e. The lowest BCUT2D eigenvalue weighted by Gasteiger charge is -2.00. The maximum absolute atomic E-state index is 11.1. The highest BCUT2D eigenvalue weighted by Gasteiger charge is 2.05. The summed E-state index contributed by atoms with van der Waals surface area (Å²) in [5.41, 5.74) is -0.520. The van der Waals surface area contributed by atoms with E-state index in [-0.39, 0.29) is 11.6 Å². The Balaban J connectivity index is 2.97. The van der Waals surface area contributed by atoms with Crippen molar-refractivity contribution in [2.45, 2.75) is 6.92 Å². The van der Waals surface area contributed by atoms with E-state index in [1.54, 1.807) is 6.92 Å². The molecule has 0 aliphatic rings. The van der Waals surface area contributed by atoms with Crippen molar-refractivity contribution in [3.63, 3.8) is 0 Å². The number of aromatic hydroxyl groups is 1. The predicted molar refractivity (Wildman–Crippen MR) is 46.7 cm³/mol. The number of hydrogen-bond acceptors (Lipinski definition) is 3. The van der Waals surface area contributed by atoms with Gasteiger partial charge in [0.1, 0.15) is 5.69 Å². The number of nitrogens with one attached hydrogen (secondary N) is 2. The molecule has 5 nitrogen and oxygen atoms in total. The molecule has 13 heavy (non-hydrogen) atoms. The van der Waals surface area contributed by atoms with Crippen molar-refractivity contribution >= 4 is 5.91 Å². The summed E-state index contributed by atoms with van der Waals surface area (Å²) in [6.07, 6.45) is 0. The molecule has 1 aromatic rings. The number of carbonyl (C=O) groups excluding carboxylic acids is 1. The Bertz CT molecular complexity index is 370. The monoisotopic (exact) mass is 182 g/mol. The van der Waals surface area contributed by atoms with Crippen LogP contribution in [0.2, 0.25) is 0 Å². The summed E-state index contributed by atoms with van der Waals surface area (Å²) >= 11 is 0. The number of amides is 1. The van der Waals surface area contributed by atoms with Crippen LogP contribution in [0.4, 0.5) is 0 Å². The van der Waals surface area contributed by atoms with Gasteiger partial charge in [0.2, 0.25) is 0 Å². The third kappa shape index (κ3) is 2.08. The van der Waals surface area contributed by atoms with Gasteiger partial charge in [-0.15, -0.1) is 0 Å². The van der Waals surface area contributed by atoms with Crippen molar-refractivity contribution < 1.29 is 9.90 Å².